The summed E-state index contributed by atoms with van der Waals surface area (Å²) in [4.78, 5) is 11.4. The topological polar surface area (TPSA) is 69.1 Å². The zero-order valence-corrected chi connectivity index (χ0v) is 9.36. The molecule has 1 saturated carbocycles. The first kappa shape index (κ1) is 11.1. The monoisotopic (exact) mass is 218 g/mol. The van der Waals surface area contributed by atoms with Crippen molar-refractivity contribution in [2.45, 2.75) is 37.6 Å². The highest BCUT2D eigenvalue weighted by molar-refractivity contribution is 5.94. The van der Waals surface area contributed by atoms with Gasteiger partial charge in [0.15, 0.2) is 0 Å². The van der Waals surface area contributed by atoms with E-state index in [1.54, 1.807) is 6.07 Å². The van der Waals surface area contributed by atoms with E-state index in [4.69, 9.17) is 11.5 Å². The molecule has 1 aromatic carbocycles. The number of benzene rings is 1. The fourth-order valence-corrected chi connectivity index (χ4v) is 2.59. The van der Waals surface area contributed by atoms with E-state index in [2.05, 4.69) is 0 Å². The molecule has 2 atom stereocenters. The van der Waals surface area contributed by atoms with Crippen LogP contribution < -0.4 is 11.5 Å². The lowest BCUT2D eigenvalue weighted by molar-refractivity contribution is 0.0998. The molecule has 0 bridgehead atoms. The van der Waals surface area contributed by atoms with E-state index in [0.29, 0.717) is 5.56 Å². The summed E-state index contributed by atoms with van der Waals surface area (Å²) >= 11 is 0. The molecule has 1 aliphatic rings. The van der Waals surface area contributed by atoms with Gasteiger partial charge in [-0.05, 0) is 30.4 Å². The van der Waals surface area contributed by atoms with Crippen LogP contribution in [0.5, 0.6) is 0 Å². The van der Waals surface area contributed by atoms with Crippen LogP contribution in [0, 0.1) is 0 Å². The molecule has 3 nitrogen and oxygen atoms in total. The van der Waals surface area contributed by atoms with Crippen molar-refractivity contribution >= 4 is 5.91 Å². The van der Waals surface area contributed by atoms with Crippen LogP contribution in [-0.4, -0.2) is 11.9 Å². The largest absolute Gasteiger partial charge is 0.366 e. The van der Waals surface area contributed by atoms with Gasteiger partial charge in [-0.3, -0.25) is 4.79 Å². The maximum atomic E-state index is 11.4. The third kappa shape index (κ3) is 2.09. The van der Waals surface area contributed by atoms with Gasteiger partial charge in [-0.2, -0.15) is 0 Å². The van der Waals surface area contributed by atoms with Crippen molar-refractivity contribution in [1.82, 2.24) is 0 Å². The molecule has 0 aromatic heterocycles. The summed E-state index contributed by atoms with van der Waals surface area (Å²) in [7, 11) is 0. The Hall–Kier alpha value is -1.35. The van der Waals surface area contributed by atoms with Crippen molar-refractivity contribution in [3.8, 4) is 0 Å². The fourth-order valence-electron chi connectivity index (χ4n) is 2.59. The van der Waals surface area contributed by atoms with Gasteiger partial charge >= 0.3 is 0 Å². The number of carbonyl (C=O) groups excluding carboxylic acids is 1. The maximum absolute atomic E-state index is 11.4. The van der Waals surface area contributed by atoms with E-state index in [1.165, 1.54) is 12.8 Å². The summed E-state index contributed by atoms with van der Waals surface area (Å²) in [5, 5.41) is 0. The molecule has 1 aromatic rings. The molecular formula is C13H18N2O. The van der Waals surface area contributed by atoms with E-state index in [1.807, 2.05) is 18.2 Å². The molecule has 16 heavy (non-hydrogen) atoms. The van der Waals surface area contributed by atoms with Gasteiger partial charge in [0, 0.05) is 11.6 Å². The number of nitrogens with two attached hydrogens (primary N) is 2. The molecule has 0 aliphatic heterocycles. The SMILES string of the molecule is NC(=O)c1ccccc1[C@@H]1CCCC[C@@H]1N. The highest BCUT2D eigenvalue weighted by Crippen LogP contribution is 2.33. The Morgan fingerprint density at radius 1 is 1.19 bits per heavy atom. The molecule has 0 spiro atoms. The van der Waals surface area contributed by atoms with Crippen molar-refractivity contribution in [1.29, 1.82) is 0 Å². The number of amides is 1. The van der Waals surface area contributed by atoms with Crippen molar-refractivity contribution in [3.05, 3.63) is 35.4 Å². The normalized spacial score (nSPS) is 25.3. The van der Waals surface area contributed by atoms with Crippen LogP contribution >= 0.6 is 0 Å². The van der Waals surface area contributed by atoms with E-state index in [0.717, 1.165) is 18.4 Å². The zero-order valence-electron chi connectivity index (χ0n) is 9.36. The second-order valence-electron chi connectivity index (χ2n) is 4.51. The molecule has 2 rings (SSSR count). The summed E-state index contributed by atoms with van der Waals surface area (Å²) in [6.45, 7) is 0. The van der Waals surface area contributed by atoms with Gasteiger partial charge < -0.3 is 11.5 Å². The number of hydrogen-bond acceptors (Lipinski definition) is 2. The van der Waals surface area contributed by atoms with Gasteiger partial charge in [0.05, 0.1) is 0 Å². The molecule has 0 unspecified atom stereocenters. The van der Waals surface area contributed by atoms with Gasteiger partial charge in [-0.1, -0.05) is 31.0 Å². The molecule has 1 fully saturated rings. The highest BCUT2D eigenvalue weighted by atomic mass is 16.1. The van der Waals surface area contributed by atoms with Crippen LogP contribution in [0.15, 0.2) is 24.3 Å². The number of carbonyl (C=O) groups is 1. The highest BCUT2D eigenvalue weighted by Gasteiger charge is 2.26. The standard InChI is InChI=1S/C13H18N2O/c14-12-8-4-3-6-10(12)9-5-1-2-7-11(9)13(15)16/h1-2,5,7,10,12H,3-4,6,8,14H2,(H2,15,16)/t10-,12-/m0/s1. The third-order valence-electron chi connectivity index (χ3n) is 3.45. The van der Waals surface area contributed by atoms with E-state index >= 15 is 0 Å². The summed E-state index contributed by atoms with van der Waals surface area (Å²) in [5.41, 5.74) is 13.2. The average Bonchev–Trinajstić information content (AvgIpc) is 2.29. The van der Waals surface area contributed by atoms with Crippen LogP contribution in [0.2, 0.25) is 0 Å². The van der Waals surface area contributed by atoms with Crippen molar-refractivity contribution < 1.29 is 4.79 Å². The predicted molar refractivity (Wildman–Crippen MR) is 64.1 cm³/mol. The number of hydrogen-bond donors (Lipinski definition) is 2. The van der Waals surface area contributed by atoms with E-state index < -0.39 is 0 Å². The van der Waals surface area contributed by atoms with Crippen LogP contribution in [0.3, 0.4) is 0 Å². The van der Waals surface area contributed by atoms with Gasteiger partial charge in [-0.15, -0.1) is 0 Å². The number of primary amides is 1. The lowest BCUT2D eigenvalue weighted by Crippen LogP contribution is -2.32. The van der Waals surface area contributed by atoms with Crippen molar-refractivity contribution in [3.63, 3.8) is 0 Å². The lowest BCUT2D eigenvalue weighted by Gasteiger charge is -2.29. The molecule has 86 valence electrons. The van der Waals surface area contributed by atoms with Gasteiger partial charge in [0.1, 0.15) is 0 Å². The minimum Gasteiger partial charge on any atom is -0.366 e. The molecule has 0 radical (unpaired) electrons. The van der Waals surface area contributed by atoms with Crippen LogP contribution in [0.25, 0.3) is 0 Å². The summed E-state index contributed by atoms with van der Waals surface area (Å²) < 4.78 is 0. The minimum absolute atomic E-state index is 0.161. The quantitative estimate of drug-likeness (QED) is 0.794. The fraction of sp³-hybridized carbons (Fsp3) is 0.462. The molecule has 0 saturated heterocycles. The summed E-state index contributed by atoms with van der Waals surface area (Å²) in [6.07, 6.45) is 4.48. The summed E-state index contributed by atoms with van der Waals surface area (Å²) in [6, 6.07) is 7.73. The van der Waals surface area contributed by atoms with Gasteiger partial charge in [0.2, 0.25) is 5.91 Å². The second kappa shape index (κ2) is 4.66. The van der Waals surface area contributed by atoms with Gasteiger partial charge in [0.25, 0.3) is 0 Å². The zero-order chi connectivity index (χ0) is 11.5. The molecule has 4 N–H and O–H groups in total. The lowest BCUT2D eigenvalue weighted by atomic mass is 9.79. The molecular weight excluding hydrogens is 200 g/mol. The first-order valence-electron chi connectivity index (χ1n) is 5.84. The smallest absolute Gasteiger partial charge is 0.248 e. The molecule has 0 heterocycles. The van der Waals surface area contributed by atoms with Gasteiger partial charge in [-0.25, -0.2) is 0 Å². The van der Waals surface area contributed by atoms with Crippen LogP contribution in [0.4, 0.5) is 0 Å². The minimum atomic E-state index is -0.353. The van der Waals surface area contributed by atoms with Crippen LogP contribution in [-0.2, 0) is 0 Å². The maximum Gasteiger partial charge on any atom is 0.248 e. The Morgan fingerprint density at radius 2 is 1.88 bits per heavy atom. The van der Waals surface area contributed by atoms with Crippen LogP contribution in [0.1, 0.15) is 47.5 Å². The first-order valence-corrected chi connectivity index (χ1v) is 5.84. The number of rotatable bonds is 2. The Balaban J connectivity index is 2.34. The second-order valence-corrected chi connectivity index (χ2v) is 4.51. The Kier molecular flexibility index (Phi) is 3.25. The summed E-state index contributed by atoms with van der Waals surface area (Å²) in [5.74, 6) is -0.0641. The first-order chi connectivity index (χ1) is 7.70. The van der Waals surface area contributed by atoms with Crippen molar-refractivity contribution in [2.24, 2.45) is 11.5 Å². The molecule has 1 aliphatic carbocycles. The molecule has 3 heteroatoms. The van der Waals surface area contributed by atoms with E-state index in [9.17, 15) is 4.79 Å². The molecule has 1 amide bonds. The average molecular weight is 218 g/mol. The Labute approximate surface area is 95.8 Å². The van der Waals surface area contributed by atoms with Crippen molar-refractivity contribution in [2.75, 3.05) is 0 Å². The Bertz CT molecular complexity index is 389. The Morgan fingerprint density at radius 3 is 2.56 bits per heavy atom. The van der Waals surface area contributed by atoms with E-state index in [-0.39, 0.29) is 17.9 Å². The predicted octanol–water partition coefficient (Wildman–Crippen LogP) is 1.77. The third-order valence-corrected chi connectivity index (χ3v) is 3.45.